The molecule has 6 heteroatoms. The van der Waals surface area contributed by atoms with Crippen LogP contribution in [0.1, 0.15) is 26.5 Å². The Morgan fingerprint density at radius 3 is 2.35 bits per heavy atom. The van der Waals surface area contributed by atoms with Gasteiger partial charge in [-0.05, 0) is 50.1 Å². The van der Waals surface area contributed by atoms with Gasteiger partial charge in [-0.25, -0.2) is 14.4 Å². The number of halogens is 4. The van der Waals surface area contributed by atoms with Crippen molar-refractivity contribution in [1.29, 1.82) is 0 Å². The Kier molecular flexibility index (Phi) is 4.52. The second-order valence-electron chi connectivity index (χ2n) is 5.37. The SMILES string of the molecule is CC(C)(C)c1nc(-c2ccc(F)cc2Br)nc(Cl)c1Br. The van der Waals surface area contributed by atoms with Gasteiger partial charge in [0.1, 0.15) is 11.0 Å². The largest absolute Gasteiger partial charge is 0.231 e. The lowest BCUT2D eigenvalue weighted by Crippen LogP contribution is -2.16. The van der Waals surface area contributed by atoms with Gasteiger partial charge in [0.25, 0.3) is 0 Å². The van der Waals surface area contributed by atoms with Crippen molar-refractivity contribution in [3.63, 3.8) is 0 Å². The van der Waals surface area contributed by atoms with Crippen LogP contribution < -0.4 is 0 Å². The first-order chi connectivity index (χ1) is 9.20. The molecule has 2 aromatic rings. The van der Waals surface area contributed by atoms with Crippen molar-refractivity contribution < 1.29 is 4.39 Å². The highest BCUT2D eigenvalue weighted by molar-refractivity contribution is 9.11. The van der Waals surface area contributed by atoms with Gasteiger partial charge in [0, 0.05) is 15.5 Å². The smallest absolute Gasteiger partial charge is 0.162 e. The fraction of sp³-hybridized carbons (Fsp3) is 0.286. The Bertz CT molecular complexity index is 669. The topological polar surface area (TPSA) is 25.8 Å². The summed E-state index contributed by atoms with van der Waals surface area (Å²) in [4.78, 5) is 8.83. The average Bonchev–Trinajstić information content (AvgIpc) is 2.31. The van der Waals surface area contributed by atoms with E-state index in [1.165, 1.54) is 12.1 Å². The van der Waals surface area contributed by atoms with Gasteiger partial charge in [-0.2, -0.15) is 0 Å². The quantitative estimate of drug-likeness (QED) is 0.546. The molecule has 0 spiro atoms. The van der Waals surface area contributed by atoms with Crippen LogP contribution in [0, 0.1) is 5.82 Å². The van der Waals surface area contributed by atoms with E-state index in [1.807, 2.05) is 20.8 Å². The van der Waals surface area contributed by atoms with Crippen molar-refractivity contribution in [1.82, 2.24) is 9.97 Å². The summed E-state index contributed by atoms with van der Waals surface area (Å²) in [5, 5.41) is 0.344. The number of hydrogen-bond donors (Lipinski definition) is 0. The predicted octanol–water partition coefficient (Wildman–Crippen LogP) is 5.76. The van der Waals surface area contributed by atoms with E-state index in [-0.39, 0.29) is 11.2 Å². The monoisotopic (exact) mass is 420 g/mol. The van der Waals surface area contributed by atoms with Gasteiger partial charge in [-0.3, -0.25) is 0 Å². The highest BCUT2D eigenvalue weighted by Crippen LogP contribution is 2.35. The first-order valence-corrected chi connectivity index (χ1v) is 7.85. The molecule has 0 saturated heterocycles. The number of hydrogen-bond acceptors (Lipinski definition) is 2. The summed E-state index contributed by atoms with van der Waals surface area (Å²) in [6, 6.07) is 4.38. The zero-order valence-electron chi connectivity index (χ0n) is 11.1. The van der Waals surface area contributed by atoms with Gasteiger partial charge >= 0.3 is 0 Å². The van der Waals surface area contributed by atoms with Crippen molar-refractivity contribution >= 4 is 43.5 Å². The molecule has 0 radical (unpaired) electrons. The second kappa shape index (κ2) is 5.70. The number of benzene rings is 1. The van der Waals surface area contributed by atoms with Crippen LogP contribution in [-0.2, 0) is 5.41 Å². The fourth-order valence-electron chi connectivity index (χ4n) is 1.71. The number of rotatable bonds is 1. The van der Waals surface area contributed by atoms with Crippen molar-refractivity contribution in [3.8, 4) is 11.4 Å². The van der Waals surface area contributed by atoms with E-state index < -0.39 is 0 Å². The molecule has 0 atom stereocenters. The number of nitrogens with zero attached hydrogens (tertiary/aromatic N) is 2. The minimum absolute atomic E-state index is 0.188. The maximum atomic E-state index is 13.2. The van der Waals surface area contributed by atoms with Gasteiger partial charge in [0.2, 0.25) is 0 Å². The van der Waals surface area contributed by atoms with Gasteiger partial charge in [0.05, 0.1) is 10.2 Å². The molecule has 0 amide bonds. The molecule has 0 aliphatic heterocycles. The third-order valence-corrected chi connectivity index (χ3v) is 4.60. The molecule has 0 N–H and O–H groups in total. The molecule has 2 rings (SSSR count). The first-order valence-electron chi connectivity index (χ1n) is 5.89. The molecule has 1 aromatic heterocycles. The van der Waals surface area contributed by atoms with Crippen LogP contribution in [0.2, 0.25) is 5.15 Å². The van der Waals surface area contributed by atoms with Gasteiger partial charge in [-0.1, -0.05) is 32.4 Å². The maximum Gasteiger partial charge on any atom is 0.162 e. The van der Waals surface area contributed by atoms with Gasteiger partial charge < -0.3 is 0 Å². The molecular formula is C14H12Br2ClFN2. The number of aromatic nitrogens is 2. The minimum atomic E-state index is -0.320. The Morgan fingerprint density at radius 2 is 1.80 bits per heavy atom. The summed E-state index contributed by atoms with van der Waals surface area (Å²) in [7, 11) is 0. The normalized spacial score (nSPS) is 11.8. The molecule has 0 fully saturated rings. The van der Waals surface area contributed by atoms with E-state index in [0.717, 1.165) is 5.69 Å². The van der Waals surface area contributed by atoms with Crippen LogP contribution in [0.3, 0.4) is 0 Å². The zero-order chi connectivity index (χ0) is 15.1. The molecule has 0 saturated carbocycles. The standard InChI is InChI=1S/C14H12Br2ClFN2/c1-14(2,3)11-10(16)12(17)20-13(19-11)8-5-4-7(18)6-9(8)15/h4-6H,1-3H3. The van der Waals surface area contributed by atoms with Crippen LogP contribution in [0.25, 0.3) is 11.4 Å². The Balaban J connectivity index is 2.67. The second-order valence-corrected chi connectivity index (χ2v) is 7.38. The van der Waals surface area contributed by atoms with E-state index >= 15 is 0 Å². The fourth-order valence-corrected chi connectivity index (χ4v) is 3.18. The van der Waals surface area contributed by atoms with Crippen LogP contribution in [0.5, 0.6) is 0 Å². The molecule has 1 heterocycles. The molecular weight excluding hydrogens is 410 g/mol. The van der Waals surface area contributed by atoms with Crippen molar-refractivity contribution in [2.45, 2.75) is 26.2 Å². The molecule has 2 nitrogen and oxygen atoms in total. The average molecular weight is 423 g/mol. The van der Waals surface area contributed by atoms with E-state index in [9.17, 15) is 4.39 Å². The summed E-state index contributed by atoms with van der Waals surface area (Å²) < 4.78 is 14.5. The molecule has 106 valence electrons. The molecule has 0 unspecified atom stereocenters. The van der Waals surface area contributed by atoms with Crippen molar-refractivity contribution in [2.24, 2.45) is 0 Å². The third kappa shape index (κ3) is 3.21. The van der Waals surface area contributed by atoms with Crippen molar-refractivity contribution in [3.05, 3.63) is 43.8 Å². The highest BCUT2D eigenvalue weighted by atomic mass is 79.9. The molecule has 0 bridgehead atoms. The highest BCUT2D eigenvalue weighted by Gasteiger charge is 2.23. The lowest BCUT2D eigenvalue weighted by Gasteiger charge is -2.20. The van der Waals surface area contributed by atoms with E-state index in [2.05, 4.69) is 41.8 Å². The van der Waals surface area contributed by atoms with Crippen molar-refractivity contribution in [2.75, 3.05) is 0 Å². The first kappa shape index (κ1) is 15.9. The van der Waals surface area contributed by atoms with E-state index in [0.29, 0.717) is 25.5 Å². The molecule has 20 heavy (non-hydrogen) atoms. The predicted molar refractivity (Wildman–Crippen MR) is 86.5 cm³/mol. The summed E-state index contributed by atoms with van der Waals surface area (Å²) in [5.41, 5.74) is 1.32. The third-order valence-electron chi connectivity index (χ3n) is 2.69. The van der Waals surface area contributed by atoms with Crippen LogP contribution in [0.4, 0.5) is 4.39 Å². The van der Waals surface area contributed by atoms with Crippen LogP contribution in [-0.4, -0.2) is 9.97 Å². The van der Waals surface area contributed by atoms with Gasteiger partial charge in [0.15, 0.2) is 5.82 Å². The van der Waals surface area contributed by atoms with E-state index in [4.69, 9.17) is 11.6 Å². The Morgan fingerprint density at radius 1 is 1.15 bits per heavy atom. The van der Waals surface area contributed by atoms with Crippen LogP contribution in [0.15, 0.2) is 27.1 Å². The lowest BCUT2D eigenvalue weighted by molar-refractivity contribution is 0.564. The van der Waals surface area contributed by atoms with E-state index in [1.54, 1.807) is 6.07 Å². The lowest BCUT2D eigenvalue weighted by atomic mass is 9.92. The summed E-state index contributed by atoms with van der Waals surface area (Å²) in [5.74, 6) is 0.148. The summed E-state index contributed by atoms with van der Waals surface area (Å²) in [6.45, 7) is 6.12. The van der Waals surface area contributed by atoms with Crippen LogP contribution >= 0.6 is 43.5 Å². The molecule has 0 aliphatic rings. The summed E-state index contributed by atoms with van der Waals surface area (Å²) >= 11 is 12.9. The Labute approximate surface area is 139 Å². The Hall–Kier alpha value is -0.520. The van der Waals surface area contributed by atoms with Gasteiger partial charge in [-0.15, -0.1) is 0 Å². The summed E-state index contributed by atoms with van der Waals surface area (Å²) in [6.07, 6.45) is 0. The maximum absolute atomic E-state index is 13.2. The minimum Gasteiger partial charge on any atom is -0.231 e. The zero-order valence-corrected chi connectivity index (χ0v) is 15.1. The molecule has 0 aliphatic carbocycles. The molecule has 1 aromatic carbocycles.